The van der Waals surface area contributed by atoms with Crippen molar-refractivity contribution in [3.05, 3.63) is 12.7 Å². The maximum atomic E-state index is 14.3. The number of amides is 15. The van der Waals surface area contributed by atoms with Crippen LogP contribution < -0.4 is 64.6 Å². The first-order valence-electron chi connectivity index (χ1n) is 50.4. The van der Waals surface area contributed by atoms with Gasteiger partial charge in [0.2, 0.25) is 52.8 Å². The molecule has 780 valence electrons. The van der Waals surface area contributed by atoms with E-state index in [4.69, 9.17) is 35.2 Å². The number of carbonyl (C=O) groups is 18. The second-order valence-electron chi connectivity index (χ2n) is 46.2. The molecule has 0 aromatic carbocycles. The van der Waals surface area contributed by atoms with E-state index < -0.39 is 196 Å². The molecule has 0 spiro atoms. The van der Waals surface area contributed by atoms with Crippen LogP contribution in [0.25, 0.3) is 0 Å². The van der Waals surface area contributed by atoms with E-state index in [1.165, 1.54) is 27.9 Å². The molecule has 11 aliphatic rings. The van der Waals surface area contributed by atoms with Gasteiger partial charge in [0.05, 0.1) is 56.1 Å². The second-order valence-corrected chi connectivity index (χ2v) is 46.2. The molecule has 11 fully saturated rings. The van der Waals surface area contributed by atoms with Gasteiger partial charge in [0.25, 0.3) is 17.7 Å². The Morgan fingerprint density at radius 1 is 0.424 bits per heavy atom. The Morgan fingerprint density at radius 2 is 0.777 bits per heavy atom. The van der Waals surface area contributed by atoms with Gasteiger partial charge in [-0.25, -0.2) is 28.8 Å². The van der Waals surface area contributed by atoms with Gasteiger partial charge in [0, 0.05) is 26.2 Å². The van der Waals surface area contributed by atoms with Crippen molar-refractivity contribution in [2.24, 2.45) is 115 Å². The maximum absolute atomic E-state index is 14.3. The molecule has 3 saturated heterocycles. The SMILES string of the molecule is C=CCNC(=O)C(=O)C(CCC)NC(=O)[C@@H]1C2C(CN1C(=O)[C@@H](NC(=O)N[C@H](COC(=O)OC(C)C)C(C)C)C(C)(C)C)C2(C)C.CC1(C)C2CN(C(=O)[C@@H](NC(=O)N[C@H](COC(=O)OCC3CC3)C3CCCC3)C(C)(C)C)[C@H](C(=O)NC(CC3CCC3)C(=O)C(N)=O)C21.COC(=O)OC[C@@H](NC(=O)N[C@H](C(=O)N1CC2C([C@H]1C(=O)NC(CC1CCC1)C(=O)C(N)=O)C2(C)C)C(C)(C)C)C1CCCC1. The Kier molecular flexibility index (Phi) is 37.9. The zero-order chi connectivity index (χ0) is 103. The zero-order valence-corrected chi connectivity index (χ0v) is 85.8. The van der Waals surface area contributed by atoms with Crippen LogP contribution in [0, 0.1) is 104 Å². The maximum Gasteiger partial charge on any atom is 0.508 e. The summed E-state index contributed by atoms with van der Waals surface area (Å²) in [5, 5.41) is 28.1. The highest BCUT2D eigenvalue weighted by atomic mass is 16.7. The van der Waals surface area contributed by atoms with Crippen LogP contribution in [-0.4, -0.2) is 260 Å². The number of Topliss-reactive ketones (excluding diaryl/α,β-unsaturated/α-hetero) is 3. The lowest BCUT2D eigenvalue weighted by Gasteiger charge is -2.38. The van der Waals surface area contributed by atoms with Gasteiger partial charge in [-0.1, -0.05) is 201 Å². The summed E-state index contributed by atoms with van der Waals surface area (Å²) in [4.78, 5) is 239. The molecule has 9 unspecified atom stereocenters. The van der Waals surface area contributed by atoms with Crippen LogP contribution in [0.1, 0.15) is 267 Å². The fourth-order valence-corrected chi connectivity index (χ4v) is 21.6. The molecule has 3 aliphatic heterocycles. The van der Waals surface area contributed by atoms with E-state index in [2.05, 4.69) is 92.2 Å². The highest BCUT2D eigenvalue weighted by Gasteiger charge is 2.73. The van der Waals surface area contributed by atoms with Gasteiger partial charge in [-0.15, -0.1) is 6.58 Å². The molecule has 15 amide bonds. The monoisotopic (exact) mass is 1960 g/mol. The third-order valence-corrected chi connectivity index (χ3v) is 31.1. The Hall–Kier alpha value is -10.4. The number of likely N-dealkylation sites (tertiary alicyclic amines) is 3. The summed E-state index contributed by atoms with van der Waals surface area (Å²) in [6, 6.07) is -12.0. The Bertz CT molecular complexity index is 4470. The molecule has 11 rings (SSSR count). The number of nitrogens with zero attached hydrogens (tertiary/aromatic N) is 3. The summed E-state index contributed by atoms with van der Waals surface area (Å²) in [5.41, 5.74) is 7.90. The summed E-state index contributed by atoms with van der Waals surface area (Å²) in [7, 11) is 1.22. The van der Waals surface area contributed by atoms with Crippen LogP contribution in [0.3, 0.4) is 0 Å². The lowest BCUT2D eigenvalue weighted by Crippen LogP contribution is -2.62. The molecule has 18 atom stereocenters. The van der Waals surface area contributed by atoms with Gasteiger partial charge in [-0.3, -0.25) is 57.5 Å². The van der Waals surface area contributed by atoms with E-state index in [0.717, 1.165) is 103 Å². The van der Waals surface area contributed by atoms with Crippen molar-refractivity contribution in [1.82, 2.24) is 67.9 Å². The van der Waals surface area contributed by atoms with E-state index in [1.807, 2.05) is 96.9 Å². The number of fused-ring (bicyclic) bond motifs is 3. The van der Waals surface area contributed by atoms with Crippen molar-refractivity contribution in [2.45, 2.75) is 345 Å². The minimum atomic E-state index is -1.10. The number of urea groups is 3. The zero-order valence-electron chi connectivity index (χ0n) is 85.8. The summed E-state index contributed by atoms with van der Waals surface area (Å²) < 4.78 is 30.5. The predicted molar refractivity (Wildman–Crippen MR) is 511 cm³/mol. The topological polar surface area (TPSA) is 545 Å². The predicted octanol–water partition coefficient (Wildman–Crippen LogP) is 8.21. The van der Waals surface area contributed by atoms with Gasteiger partial charge in [-0.2, -0.15) is 0 Å². The highest BCUT2D eigenvalue weighted by Crippen LogP contribution is 2.67. The first-order chi connectivity index (χ1) is 64.9. The van der Waals surface area contributed by atoms with E-state index in [1.54, 1.807) is 13.8 Å². The number of carbonyl (C=O) groups excluding carboxylic acids is 18. The molecule has 8 saturated carbocycles. The van der Waals surface area contributed by atoms with Crippen molar-refractivity contribution in [2.75, 3.05) is 59.7 Å². The van der Waals surface area contributed by atoms with Crippen LogP contribution in [0.15, 0.2) is 12.7 Å². The number of methoxy groups -OCH3 is 1. The van der Waals surface area contributed by atoms with Crippen LogP contribution in [0.5, 0.6) is 0 Å². The fraction of sp³-hybridized carbons (Fsp3) is 0.800. The Morgan fingerprint density at radius 3 is 1.09 bits per heavy atom. The third-order valence-electron chi connectivity index (χ3n) is 31.1. The van der Waals surface area contributed by atoms with Gasteiger partial charge in [0.1, 0.15) is 56.1 Å². The van der Waals surface area contributed by atoms with E-state index in [-0.39, 0.29) is 120 Å². The van der Waals surface area contributed by atoms with Crippen molar-refractivity contribution in [1.29, 1.82) is 0 Å². The molecule has 3 heterocycles. The quantitative estimate of drug-likeness (QED) is 0.0119. The number of nitrogens with one attached hydrogen (secondary N) is 10. The van der Waals surface area contributed by atoms with Crippen molar-refractivity contribution >= 4 is 107 Å². The summed E-state index contributed by atoms with van der Waals surface area (Å²) in [6.07, 6.45) is 15.6. The lowest BCUT2D eigenvalue weighted by atomic mass is 9.80. The van der Waals surface area contributed by atoms with E-state index in [0.29, 0.717) is 51.4 Å². The average Bonchev–Trinajstić information content (AvgIpc) is 1.53. The van der Waals surface area contributed by atoms with Gasteiger partial charge in [0.15, 0.2) is 0 Å². The number of hydrogen-bond acceptors (Lipinski definition) is 24. The molecule has 39 nitrogen and oxygen atoms in total. The molecular weight excluding hydrogens is 1800 g/mol. The van der Waals surface area contributed by atoms with Gasteiger partial charge >= 0.3 is 36.6 Å². The van der Waals surface area contributed by atoms with E-state index >= 15 is 0 Å². The Labute approximate surface area is 818 Å². The van der Waals surface area contributed by atoms with Crippen LogP contribution in [0.4, 0.5) is 28.8 Å². The minimum absolute atomic E-state index is 0.0332. The lowest BCUT2D eigenvalue weighted by molar-refractivity contribution is -0.145. The molecule has 14 N–H and O–H groups in total. The van der Waals surface area contributed by atoms with Gasteiger partial charge < -0.3 is 108 Å². The van der Waals surface area contributed by atoms with E-state index in [9.17, 15) is 86.3 Å². The number of ketones is 3. The molecule has 39 heteroatoms. The Balaban J connectivity index is 0.000000233. The molecular formula is C100H161N15O24. The summed E-state index contributed by atoms with van der Waals surface area (Å²) in [5.74, 6) is -7.35. The molecule has 0 aromatic heterocycles. The molecule has 139 heavy (non-hydrogen) atoms. The number of primary amides is 2. The number of piperidine rings is 3. The normalized spacial score (nSPS) is 24.8. The van der Waals surface area contributed by atoms with Gasteiger partial charge in [-0.05, 0) is 175 Å². The van der Waals surface area contributed by atoms with Crippen molar-refractivity contribution < 1.29 is 115 Å². The number of rotatable bonds is 41. The molecule has 0 aromatic rings. The van der Waals surface area contributed by atoms with Crippen molar-refractivity contribution in [3.8, 4) is 0 Å². The van der Waals surface area contributed by atoms with Crippen LogP contribution in [0.2, 0.25) is 0 Å². The average molecular weight is 1960 g/mol. The number of ether oxygens (including phenoxy) is 6. The molecule has 0 radical (unpaired) electrons. The summed E-state index contributed by atoms with van der Waals surface area (Å²) in [6.45, 7) is 42.5. The first kappa shape index (κ1) is 112. The number of nitrogens with two attached hydrogens (primary N) is 2. The highest BCUT2D eigenvalue weighted by molar-refractivity contribution is 6.39. The number of hydrogen-bond donors (Lipinski definition) is 12. The van der Waals surface area contributed by atoms with Crippen LogP contribution >= 0.6 is 0 Å². The largest absolute Gasteiger partial charge is 0.508 e. The summed E-state index contributed by atoms with van der Waals surface area (Å²) >= 11 is 0. The smallest absolute Gasteiger partial charge is 0.438 e. The van der Waals surface area contributed by atoms with Crippen molar-refractivity contribution in [3.63, 3.8) is 0 Å². The molecule has 8 aliphatic carbocycles. The minimum Gasteiger partial charge on any atom is -0.438 e. The standard InChI is InChI=1S/C35H55N5O8.C33H55N5O8.C32H51N5O8/c1-34(2,3)28(39-32(45)38-24(21-11-6-7-12-21)18-48-33(46)47-17-20-13-14-20)31(44)40-16-22-25(35(22,4)5)26(40)30(43)37-23(27(41)29(36)42)15-19-9-8-10-19;1-12-14-21(25(39)28(41)34-15-13-2)35-27(40)24-23-20(33(23,10)11)16-38(24)29(42)26(32(7,8)9)37-30(43)36-22(18(3)4)17-45-31(44)46-19(5)6;1-31(2,3)25(36-29(42)35-21(16-45-30(43)44-6)18-12-7-8-13-18)28(41)37-15-19-22(32(19,4)5)23(37)27(40)34-20(24(38)26(33)39)14-17-10-9-11-17/h19-26,28H,6-18H2,1-5H3,(H2,36,42)(H,37,43)(H2,38,39,45);13,18-24,26H,2,12,14-17H2,1,3-11H3,(H,34,41)(H,35,40)(H2,36,37,43);17-23,25H,7-16H2,1-6H3,(H2,33,39)(H,34,40)(H2,35,36,42)/t22?,23?,24-,25?,26+,28-;20?,21?,22-,23?,24+,26-;19?,20?,21-,22?,23+,25-/m111/s1. The fourth-order valence-electron chi connectivity index (χ4n) is 21.6. The molecule has 0 bridgehead atoms. The van der Waals surface area contributed by atoms with Crippen LogP contribution in [-0.2, 0) is 86.0 Å². The second kappa shape index (κ2) is 47.0. The first-order valence-corrected chi connectivity index (χ1v) is 50.4. The third kappa shape index (κ3) is 29.0.